The van der Waals surface area contributed by atoms with Crippen molar-refractivity contribution < 1.29 is 14.3 Å². The van der Waals surface area contributed by atoms with Gasteiger partial charge in [0.05, 0.1) is 26.1 Å². The van der Waals surface area contributed by atoms with E-state index in [1.807, 2.05) is 12.1 Å². The first-order valence-electron chi connectivity index (χ1n) is 6.99. The number of hydrogen-bond acceptors (Lipinski definition) is 4. The standard InChI is InChI=1S/C15H18N4O3/c1-21-13-5-10-3-4-19(9-11(10)6-14(13)22-2)15(20)18-12-7-16-17-8-12/h5-8H,3-4,9H2,1-2H3,(H,16,17)(H,18,20). The monoisotopic (exact) mass is 302 g/mol. The zero-order chi connectivity index (χ0) is 15.5. The third-order valence-electron chi connectivity index (χ3n) is 3.75. The van der Waals surface area contributed by atoms with Crippen molar-refractivity contribution in [2.75, 3.05) is 26.1 Å². The highest BCUT2D eigenvalue weighted by Gasteiger charge is 2.23. The Morgan fingerprint density at radius 1 is 1.27 bits per heavy atom. The number of urea groups is 1. The number of nitrogens with one attached hydrogen (secondary N) is 2. The highest BCUT2D eigenvalue weighted by Crippen LogP contribution is 2.33. The van der Waals surface area contributed by atoms with Crippen molar-refractivity contribution in [3.8, 4) is 11.5 Å². The molecule has 0 fully saturated rings. The van der Waals surface area contributed by atoms with Gasteiger partial charge in [-0.3, -0.25) is 5.10 Å². The van der Waals surface area contributed by atoms with E-state index in [0.717, 1.165) is 17.7 Å². The fraction of sp³-hybridized carbons (Fsp3) is 0.333. The lowest BCUT2D eigenvalue weighted by molar-refractivity contribution is 0.206. The predicted molar refractivity (Wildman–Crippen MR) is 81.3 cm³/mol. The first kappa shape index (κ1) is 14.2. The summed E-state index contributed by atoms with van der Waals surface area (Å²) in [7, 11) is 3.23. The second-order valence-electron chi connectivity index (χ2n) is 5.06. The maximum Gasteiger partial charge on any atom is 0.322 e. The van der Waals surface area contributed by atoms with Gasteiger partial charge in [-0.25, -0.2) is 4.79 Å². The molecule has 1 aliphatic heterocycles. The van der Waals surface area contributed by atoms with Gasteiger partial charge in [0.1, 0.15) is 0 Å². The molecule has 0 unspecified atom stereocenters. The predicted octanol–water partition coefficient (Wildman–Crippen LogP) is 2.02. The summed E-state index contributed by atoms with van der Waals surface area (Å²) >= 11 is 0. The highest BCUT2D eigenvalue weighted by molar-refractivity contribution is 5.89. The van der Waals surface area contributed by atoms with E-state index in [9.17, 15) is 4.79 Å². The number of methoxy groups -OCH3 is 2. The van der Waals surface area contributed by atoms with Crippen LogP contribution in [-0.2, 0) is 13.0 Å². The van der Waals surface area contributed by atoms with Gasteiger partial charge in [0.2, 0.25) is 0 Å². The maximum absolute atomic E-state index is 12.3. The largest absolute Gasteiger partial charge is 0.493 e. The fourth-order valence-corrected chi connectivity index (χ4v) is 2.58. The fourth-order valence-electron chi connectivity index (χ4n) is 2.58. The van der Waals surface area contributed by atoms with Crippen molar-refractivity contribution in [3.63, 3.8) is 0 Å². The van der Waals surface area contributed by atoms with Crippen LogP contribution in [0.1, 0.15) is 11.1 Å². The summed E-state index contributed by atoms with van der Waals surface area (Å²) in [6.45, 7) is 1.20. The van der Waals surface area contributed by atoms with Crippen LogP contribution in [0.15, 0.2) is 24.5 Å². The van der Waals surface area contributed by atoms with E-state index in [4.69, 9.17) is 9.47 Å². The SMILES string of the molecule is COc1cc2c(cc1OC)CN(C(=O)Nc1cn[nH]c1)CC2. The molecule has 1 aliphatic rings. The second-order valence-corrected chi connectivity index (χ2v) is 5.06. The third kappa shape index (κ3) is 2.69. The smallest absolute Gasteiger partial charge is 0.322 e. The summed E-state index contributed by atoms with van der Waals surface area (Å²) < 4.78 is 10.6. The van der Waals surface area contributed by atoms with Gasteiger partial charge in [0.25, 0.3) is 0 Å². The zero-order valence-electron chi connectivity index (χ0n) is 12.5. The number of fused-ring (bicyclic) bond motifs is 1. The number of rotatable bonds is 3. The average molecular weight is 302 g/mol. The lowest BCUT2D eigenvalue weighted by atomic mass is 9.99. The first-order chi connectivity index (χ1) is 10.7. The van der Waals surface area contributed by atoms with E-state index in [2.05, 4.69) is 15.5 Å². The number of benzene rings is 1. The molecule has 2 N–H and O–H groups in total. The van der Waals surface area contributed by atoms with E-state index in [0.29, 0.717) is 24.5 Å². The second kappa shape index (κ2) is 5.97. The minimum atomic E-state index is -0.137. The third-order valence-corrected chi connectivity index (χ3v) is 3.75. The minimum Gasteiger partial charge on any atom is -0.493 e. The lowest BCUT2D eigenvalue weighted by Crippen LogP contribution is -2.38. The molecule has 1 aromatic carbocycles. The van der Waals surface area contributed by atoms with E-state index in [1.165, 1.54) is 5.56 Å². The van der Waals surface area contributed by atoms with Crippen LogP contribution in [0.2, 0.25) is 0 Å². The van der Waals surface area contributed by atoms with Crippen molar-refractivity contribution in [1.29, 1.82) is 0 Å². The topological polar surface area (TPSA) is 79.5 Å². The van der Waals surface area contributed by atoms with Crippen LogP contribution >= 0.6 is 0 Å². The highest BCUT2D eigenvalue weighted by atomic mass is 16.5. The van der Waals surface area contributed by atoms with Crippen molar-refractivity contribution in [1.82, 2.24) is 15.1 Å². The van der Waals surface area contributed by atoms with Gasteiger partial charge in [-0.05, 0) is 29.7 Å². The Balaban J connectivity index is 1.76. The van der Waals surface area contributed by atoms with Crippen LogP contribution in [0, 0.1) is 0 Å². The molecule has 2 heterocycles. The van der Waals surface area contributed by atoms with E-state index >= 15 is 0 Å². The molecule has 0 aliphatic carbocycles. The molecule has 0 spiro atoms. The molecule has 0 radical (unpaired) electrons. The van der Waals surface area contributed by atoms with Crippen molar-refractivity contribution >= 4 is 11.7 Å². The summed E-state index contributed by atoms with van der Waals surface area (Å²) in [4.78, 5) is 14.0. The summed E-state index contributed by atoms with van der Waals surface area (Å²) in [6, 6.07) is 3.78. The molecule has 22 heavy (non-hydrogen) atoms. The molecule has 7 heteroatoms. The van der Waals surface area contributed by atoms with Crippen molar-refractivity contribution in [2.24, 2.45) is 0 Å². The molecule has 0 saturated carbocycles. The Labute approximate surface area is 128 Å². The lowest BCUT2D eigenvalue weighted by Gasteiger charge is -2.29. The van der Waals surface area contributed by atoms with E-state index in [-0.39, 0.29) is 6.03 Å². The number of hydrogen-bond donors (Lipinski definition) is 2. The molecular formula is C15H18N4O3. The normalized spacial score (nSPS) is 13.5. The Bertz CT molecular complexity index is 670. The van der Waals surface area contributed by atoms with Crippen molar-refractivity contribution in [2.45, 2.75) is 13.0 Å². The van der Waals surface area contributed by atoms with Crippen LogP contribution in [-0.4, -0.2) is 41.9 Å². The van der Waals surface area contributed by atoms with Crippen LogP contribution < -0.4 is 14.8 Å². The van der Waals surface area contributed by atoms with Gasteiger partial charge < -0.3 is 19.7 Å². The molecule has 2 aromatic rings. The van der Waals surface area contributed by atoms with Crippen LogP contribution in [0.4, 0.5) is 10.5 Å². The molecule has 0 atom stereocenters. The number of ether oxygens (including phenoxy) is 2. The summed E-state index contributed by atoms with van der Waals surface area (Å²) in [5.74, 6) is 1.40. The van der Waals surface area contributed by atoms with Crippen molar-refractivity contribution in [3.05, 3.63) is 35.7 Å². The van der Waals surface area contributed by atoms with Gasteiger partial charge in [-0.1, -0.05) is 0 Å². The number of anilines is 1. The quantitative estimate of drug-likeness (QED) is 0.909. The first-order valence-corrected chi connectivity index (χ1v) is 6.99. The van der Waals surface area contributed by atoms with Crippen LogP contribution in [0.25, 0.3) is 0 Å². The molecule has 2 amide bonds. The number of aromatic amines is 1. The summed E-state index contributed by atoms with van der Waals surface area (Å²) in [5.41, 5.74) is 2.92. The molecule has 7 nitrogen and oxygen atoms in total. The van der Waals surface area contributed by atoms with Crippen LogP contribution in [0.5, 0.6) is 11.5 Å². The Morgan fingerprint density at radius 3 is 2.64 bits per heavy atom. The number of carbonyl (C=O) groups is 1. The van der Waals surface area contributed by atoms with Gasteiger partial charge in [0.15, 0.2) is 11.5 Å². The summed E-state index contributed by atoms with van der Waals surface area (Å²) in [6.07, 6.45) is 4.00. The van der Waals surface area contributed by atoms with Gasteiger partial charge in [-0.2, -0.15) is 5.10 Å². The molecule has 116 valence electrons. The molecule has 0 saturated heterocycles. The summed E-state index contributed by atoms with van der Waals surface area (Å²) in [5, 5.41) is 9.29. The molecule has 0 bridgehead atoms. The Morgan fingerprint density at radius 2 is 2.00 bits per heavy atom. The van der Waals surface area contributed by atoms with Gasteiger partial charge >= 0.3 is 6.03 Å². The van der Waals surface area contributed by atoms with Gasteiger partial charge in [-0.15, -0.1) is 0 Å². The average Bonchev–Trinajstić information content (AvgIpc) is 3.05. The van der Waals surface area contributed by atoms with E-state index in [1.54, 1.807) is 31.5 Å². The number of amides is 2. The Kier molecular flexibility index (Phi) is 3.86. The van der Waals surface area contributed by atoms with E-state index < -0.39 is 0 Å². The zero-order valence-corrected chi connectivity index (χ0v) is 12.5. The number of nitrogens with zero attached hydrogens (tertiary/aromatic N) is 2. The number of carbonyl (C=O) groups excluding carboxylic acids is 1. The molecule has 3 rings (SSSR count). The maximum atomic E-state index is 12.3. The molecular weight excluding hydrogens is 284 g/mol. The number of aromatic nitrogens is 2. The minimum absolute atomic E-state index is 0.137. The molecule has 1 aromatic heterocycles. The Hall–Kier alpha value is -2.70. The number of H-pyrrole nitrogens is 1. The van der Waals surface area contributed by atoms with Gasteiger partial charge in [0, 0.05) is 19.3 Å². The van der Waals surface area contributed by atoms with Crippen LogP contribution in [0.3, 0.4) is 0 Å².